The molecule has 15 nitrogen and oxygen atoms in total. The van der Waals surface area contributed by atoms with E-state index >= 15 is 0 Å². The van der Waals surface area contributed by atoms with Crippen molar-refractivity contribution in [2.75, 3.05) is 63.4 Å². The molecule has 3 aromatic carbocycles. The number of aryl methyl sites for hydroxylation is 2. The van der Waals surface area contributed by atoms with Gasteiger partial charge in [-0.15, -0.1) is 21.5 Å². The van der Waals surface area contributed by atoms with Crippen molar-refractivity contribution >= 4 is 70.6 Å². The molecular formula is C45H48ClN9O6S2. The minimum Gasteiger partial charge on any atom is -0.491 e. The minimum absolute atomic E-state index is 0. The normalized spacial score (nSPS) is 13.1. The van der Waals surface area contributed by atoms with Gasteiger partial charge in [-0.25, -0.2) is 9.78 Å². The largest absolute Gasteiger partial charge is 0.491 e. The Morgan fingerprint density at radius 2 is 1.49 bits per heavy atom. The number of imidazole rings is 1. The summed E-state index contributed by atoms with van der Waals surface area (Å²) < 4.78 is 24.8. The first-order valence-corrected chi connectivity index (χ1v) is 21.4. The van der Waals surface area contributed by atoms with Crippen LogP contribution in [0.25, 0.3) is 27.2 Å². The van der Waals surface area contributed by atoms with Crippen LogP contribution in [-0.4, -0.2) is 94.1 Å². The van der Waals surface area contributed by atoms with Gasteiger partial charge < -0.3 is 39.5 Å². The van der Waals surface area contributed by atoms with E-state index in [1.807, 2.05) is 78.2 Å². The van der Waals surface area contributed by atoms with Gasteiger partial charge in [-0.3, -0.25) is 14.4 Å². The number of aromatic nitrogens is 6. The van der Waals surface area contributed by atoms with E-state index in [4.69, 9.17) is 35.5 Å². The SMILES string of the molecule is Cc1sc2c(c1C)C(c1ccc(Cl)cc1)=N[C@@H](CC(=O)Nc1ccc(OCCOCCOCCOCCNc3ccc(-c4ccc5[nH]c(=O)[nH]c5c4)cn3)cc1)c1nnc(C)n1-2.S. The molecule has 4 N–H and O–H groups in total. The summed E-state index contributed by atoms with van der Waals surface area (Å²) in [6, 6.07) is 23.9. The molecule has 1 aliphatic rings. The maximum atomic E-state index is 13.5. The smallest absolute Gasteiger partial charge is 0.323 e. The van der Waals surface area contributed by atoms with Crippen LogP contribution in [0.4, 0.5) is 11.5 Å². The Hall–Kier alpha value is -5.82. The van der Waals surface area contributed by atoms with Crippen molar-refractivity contribution < 1.29 is 23.7 Å². The molecule has 0 fully saturated rings. The lowest BCUT2D eigenvalue weighted by Gasteiger charge is -2.13. The Balaban J connectivity index is 0.00000595. The number of thiophene rings is 1. The molecule has 8 rings (SSSR count). The third-order valence-electron chi connectivity index (χ3n) is 10.3. The molecule has 0 spiro atoms. The molecule has 0 saturated carbocycles. The molecule has 0 saturated heterocycles. The fraction of sp³-hybridized carbons (Fsp3) is 0.289. The minimum atomic E-state index is -0.570. The molecular weight excluding hydrogens is 862 g/mol. The van der Waals surface area contributed by atoms with Crippen molar-refractivity contribution in [2.24, 2.45) is 4.99 Å². The zero-order valence-electron chi connectivity index (χ0n) is 35.0. The molecule has 1 aliphatic heterocycles. The van der Waals surface area contributed by atoms with Crippen LogP contribution in [-0.2, 0) is 19.0 Å². The summed E-state index contributed by atoms with van der Waals surface area (Å²) in [5.74, 6) is 2.57. The van der Waals surface area contributed by atoms with Gasteiger partial charge in [-0.1, -0.05) is 29.8 Å². The van der Waals surface area contributed by atoms with E-state index in [1.54, 1.807) is 29.7 Å². The van der Waals surface area contributed by atoms with Crippen LogP contribution in [0.3, 0.4) is 0 Å². The summed E-state index contributed by atoms with van der Waals surface area (Å²) in [5, 5.41) is 16.8. The second kappa shape index (κ2) is 21.0. The quantitative estimate of drug-likeness (QED) is 0.0587. The zero-order valence-corrected chi connectivity index (χ0v) is 37.6. The average Bonchev–Trinajstić information content (AvgIpc) is 3.91. The predicted molar refractivity (Wildman–Crippen MR) is 252 cm³/mol. The number of aromatic amines is 2. The predicted octanol–water partition coefficient (Wildman–Crippen LogP) is 7.71. The zero-order chi connectivity index (χ0) is 43.0. The Labute approximate surface area is 379 Å². The molecule has 4 aromatic heterocycles. The number of nitrogens with zero attached hydrogens (tertiary/aromatic N) is 5. The number of halogens is 1. The molecule has 0 radical (unpaired) electrons. The van der Waals surface area contributed by atoms with Crippen LogP contribution in [0.15, 0.2) is 94.8 Å². The maximum Gasteiger partial charge on any atom is 0.323 e. The summed E-state index contributed by atoms with van der Waals surface area (Å²) in [7, 11) is 0. The van der Waals surface area contributed by atoms with Gasteiger partial charge >= 0.3 is 5.69 Å². The number of amides is 1. The monoisotopic (exact) mass is 909 g/mol. The first kappa shape index (κ1) is 45.2. The van der Waals surface area contributed by atoms with E-state index < -0.39 is 6.04 Å². The Bertz CT molecular complexity index is 2730. The first-order chi connectivity index (χ1) is 30.2. The number of hydrogen-bond acceptors (Lipinski definition) is 12. The first-order valence-electron chi connectivity index (χ1n) is 20.2. The van der Waals surface area contributed by atoms with Crippen LogP contribution in [0.1, 0.15) is 45.7 Å². The molecule has 1 amide bonds. The number of aliphatic imine (C=N–C) groups is 1. The highest BCUT2D eigenvalue weighted by atomic mass is 35.5. The standard InChI is InChI=1S/C45H46ClN9O6S.H2S/c1-27-28(2)62-44-41(27)42(30-4-8-33(46)9-5-30)50-38(43-54-53-29(3)55(43)44)25-40(56)49-34-10-12-35(13-11-34)61-23-22-60-21-20-59-19-18-58-17-16-47-39-15-7-32(26-48-39)31-6-14-36-37(24-31)52-45(57)51-36;/h4-15,24,26,38H,16-23,25H2,1-3H3,(H,47,48)(H,49,56)(H2,51,52,57);1H2/t38-;/m0./s1. The fourth-order valence-corrected chi connectivity index (χ4v) is 8.39. The van der Waals surface area contributed by atoms with E-state index in [-0.39, 0.29) is 31.5 Å². The number of hydrogen-bond donors (Lipinski definition) is 4. The van der Waals surface area contributed by atoms with Gasteiger partial charge in [-0.05, 0) is 92.6 Å². The third-order valence-corrected chi connectivity index (χ3v) is 11.7. The van der Waals surface area contributed by atoms with Crippen LogP contribution < -0.4 is 21.1 Å². The van der Waals surface area contributed by atoms with E-state index in [2.05, 4.69) is 49.6 Å². The Kier molecular flexibility index (Phi) is 15.1. The molecule has 1 atom stereocenters. The Morgan fingerprint density at radius 3 is 2.22 bits per heavy atom. The lowest BCUT2D eigenvalue weighted by atomic mass is 9.99. The van der Waals surface area contributed by atoms with E-state index in [0.29, 0.717) is 75.1 Å². The lowest BCUT2D eigenvalue weighted by Crippen LogP contribution is -2.17. The molecule has 5 heterocycles. The molecule has 7 aromatic rings. The lowest BCUT2D eigenvalue weighted by molar-refractivity contribution is -0.116. The van der Waals surface area contributed by atoms with Gasteiger partial charge in [-0.2, -0.15) is 13.5 Å². The van der Waals surface area contributed by atoms with E-state index in [9.17, 15) is 9.59 Å². The van der Waals surface area contributed by atoms with Crippen LogP contribution in [0.2, 0.25) is 5.02 Å². The molecule has 328 valence electrons. The number of carbonyl (C=O) groups excluding carboxylic acids is 1. The second-order valence-electron chi connectivity index (χ2n) is 14.6. The molecule has 0 aliphatic carbocycles. The van der Waals surface area contributed by atoms with Crippen LogP contribution >= 0.6 is 36.4 Å². The van der Waals surface area contributed by atoms with Crippen molar-refractivity contribution in [1.82, 2.24) is 29.7 Å². The second-order valence-corrected chi connectivity index (χ2v) is 16.2. The van der Waals surface area contributed by atoms with Gasteiger partial charge in [0.25, 0.3) is 0 Å². The number of benzene rings is 3. The van der Waals surface area contributed by atoms with Gasteiger partial charge in [0.2, 0.25) is 5.91 Å². The van der Waals surface area contributed by atoms with Gasteiger partial charge in [0.1, 0.15) is 35.0 Å². The van der Waals surface area contributed by atoms with Gasteiger partial charge in [0.05, 0.1) is 62.8 Å². The Morgan fingerprint density at radius 1 is 0.810 bits per heavy atom. The summed E-state index contributed by atoms with van der Waals surface area (Å²) in [4.78, 5) is 41.4. The molecule has 0 bridgehead atoms. The summed E-state index contributed by atoms with van der Waals surface area (Å²) in [6.07, 6.45) is 1.87. The summed E-state index contributed by atoms with van der Waals surface area (Å²) in [6.45, 7) is 9.80. The number of anilines is 2. The van der Waals surface area contributed by atoms with Crippen LogP contribution in [0, 0.1) is 20.8 Å². The van der Waals surface area contributed by atoms with E-state index in [0.717, 1.165) is 61.2 Å². The maximum absolute atomic E-state index is 13.5. The van der Waals surface area contributed by atoms with Gasteiger partial charge in [0.15, 0.2) is 5.82 Å². The van der Waals surface area contributed by atoms with E-state index in [1.165, 1.54) is 4.88 Å². The number of carbonyl (C=O) groups is 1. The topological polar surface area (TPSA) is 183 Å². The highest BCUT2D eigenvalue weighted by molar-refractivity contribution is 7.59. The summed E-state index contributed by atoms with van der Waals surface area (Å²) >= 11 is 7.91. The van der Waals surface area contributed by atoms with Gasteiger partial charge in [0, 0.05) is 45.0 Å². The number of fused-ring (bicyclic) bond motifs is 4. The average molecular weight is 911 g/mol. The van der Waals surface area contributed by atoms with Crippen LogP contribution in [0.5, 0.6) is 5.75 Å². The van der Waals surface area contributed by atoms with Crippen molar-refractivity contribution in [3.8, 4) is 21.9 Å². The van der Waals surface area contributed by atoms with Crippen molar-refractivity contribution in [3.63, 3.8) is 0 Å². The molecule has 0 unspecified atom stereocenters. The number of H-pyrrole nitrogens is 2. The highest BCUT2D eigenvalue weighted by Gasteiger charge is 2.32. The van der Waals surface area contributed by atoms with Crippen molar-refractivity contribution in [2.45, 2.75) is 33.2 Å². The van der Waals surface area contributed by atoms with Crippen molar-refractivity contribution in [3.05, 3.63) is 134 Å². The number of nitrogens with one attached hydrogen (secondary N) is 4. The molecule has 63 heavy (non-hydrogen) atoms. The number of pyridine rings is 1. The number of rotatable bonds is 19. The van der Waals surface area contributed by atoms with Crippen molar-refractivity contribution in [1.29, 1.82) is 0 Å². The molecule has 18 heteroatoms. The highest BCUT2D eigenvalue weighted by Crippen LogP contribution is 2.40. The number of ether oxygens (including phenoxy) is 4. The third kappa shape index (κ3) is 11.0. The fourth-order valence-electron chi connectivity index (χ4n) is 7.05. The summed E-state index contributed by atoms with van der Waals surface area (Å²) in [5.41, 5.74) is 7.73.